The standard InChI is InChI=1S/C25H26N4O2/c30-19-27-17-23-18-28(25(31)22-12-7-13-26-16-22)14-15-29(23)24(20-8-3-1-4-9-20)21-10-5-2-6-11-21/h1-13,16,19,23-24H,14-15,17-18H2,(H,27,30). The molecule has 1 atom stereocenters. The first-order valence-electron chi connectivity index (χ1n) is 10.5. The Hall–Kier alpha value is -3.51. The predicted octanol–water partition coefficient (Wildman–Crippen LogP) is 2.74. The van der Waals surface area contributed by atoms with Crippen LogP contribution in [-0.4, -0.2) is 59.3 Å². The van der Waals surface area contributed by atoms with Crippen LogP contribution in [0.5, 0.6) is 0 Å². The first-order valence-corrected chi connectivity index (χ1v) is 10.5. The monoisotopic (exact) mass is 414 g/mol. The van der Waals surface area contributed by atoms with Crippen molar-refractivity contribution in [2.75, 3.05) is 26.2 Å². The summed E-state index contributed by atoms with van der Waals surface area (Å²) in [6.07, 6.45) is 3.99. The van der Waals surface area contributed by atoms with Crippen molar-refractivity contribution < 1.29 is 9.59 Å². The minimum absolute atomic E-state index is 0.0232. The highest BCUT2D eigenvalue weighted by Gasteiger charge is 2.35. The van der Waals surface area contributed by atoms with E-state index in [0.717, 1.165) is 6.41 Å². The van der Waals surface area contributed by atoms with E-state index in [-0.39, 0.29) is 18.0 Å². The maximum absolute atomic E-state index is 13.0. The Morgan fingerprint density at radius 2 is 1.68 bits per heavy atom. The molecule has 1 aromatic heterocycles. The number of piperazine rings is 1. The van der Waals surface area contributed by atoms with Crippen LogP contribution in [0.3, 0.4) is 0 Å². The number of nitrogens with zero attached hydrogens (tertiary/aromatic N) is 3. The van der Waals surface area contributed by atoms with Gasteiger partial charge in [0.2, 0.25) is 6.41 Å². The summed E-state index contributed by atoms with van der Waals surface area (Å²) in [7, 11) is 0. The van der Waals surface area contributed by atoms with E-state index in [1.807, 2.05) is 41.3 Å². The van der Waals surface area contributed by atoms with E-state index in [1.54, 1.807) is 24.5 Å². The van der Waals surface area contributed by atoms with Crippen LogP contribution < -0.4 is 5.32 Å². The number of carbonyl (C=O) groups is 2. The SMILES string of the molecule is O=CNCC1CN(C(=O)c2cccnc2)CCN1C(c1ccccc1)c1ccccc1. The zero-order valence-electron chi connectivity index (χ0n) is 17.3. The average Bonchev–Trinajstić information content (AvgIpc) is 2.85. The number of carbonyl (C=O) groups excluding carboxylic acids is 2. The molecule has 1 saturated heterocycles. The van der Waals surface area contributed by atoms with Gasteiger partial charge in [-0.25, -0.2) is 0 Å². The summed E-state index contributed by atoms with van der Waals surface area (Å²) in [5.41, 5.74) is 2.97. The van der Waals surface area contributed by atoms with Crippen molar-refractivity contribution in [3.63, 3.8) is 0 Å². The van der Waals surface area contributed by atoms with E-state index in [9.17, 15) is 9.59 Å². The first-order chi connectivity index (χ1) is 15.3. The van der Waals surface area contributed by atoms with E-state index in [4.69, 9.17) is 0 Å². The molecule has 1 N–H and O–H groups in total. The maximum Gasteiger partial charge on any atom is 0.255 e. The molecule has 1 unspecified atom stereocenters. The number of rotatable bonds is 7. The van der Waals surface area contributed by atoms with E-state index in [0.29, 0.717) is 31.7 Å². The van der Waals surface area contributed by atoms with Gasteiger partial charge in [-0.05, 0) is 23.3 Å². The third-order valence-corrected chi connectivity index (χ3v) is 5.72. The Morgan fingerprint density at radius 3 is 2.26 bits per heavy atom. The number of hydrogen-bond acceptors (Lipinski definition) is 4. The fraction of sp³-hybridized carbons (Fsp3) is 0.240. The molecule has 1 aliphatic rings. The summed E-state index contributed by atoms with van der Waals surface area (Å²) in [5, 5.41) is 2.83. The molecule has 2 heterocycles. The summed E-state index contributed by atoms with van der Waals surface area (Å²) in [6, 6.07) is 24.3. The van der Waals surface area contributed by atoms with Gasteiger partial charge in [-0.3, -0.25) is 19.5 Å². The average molecular weight is 415 g/mol. The van der Waals surface area contributed by atoms with Crippen LogP contribution in [0, 0.1) is 0 Å². The molecule has 31 heavy (non-hydrogen) atoms. The third-order valence-electron chi connectivity index (χ3n) is 5.72. The van der Waals surface area contributed by atoms with Gasteiger partial charge in [0.05, 0.1) is 11.6 Å². The summed E-state index contributed by atoms with van der Waals surface area (Å²) < 4.78 is 0. The molecule has 0 bridgehead atoms. The largest absolute Gasteiger partial charge is 0.357 e. The van der Waals surface area contributed by atoms with Gasteiger partial charge in [-0.1, -0.05) is 60.7 Å². The van der Waals surface area contributed by atoms with Crippen molar-refractivity contribution in [3.05, 3.63) is 102 Å². The Bertz CT molecular complexity index is 943. The zero-order valence-corrected chi connectivity index (χ0v) is 17.3. The zero-order chi connectivity index (χ0) is 21.5. The van der Waals surface area contributed by atoms with Crippen LogP contribution in [0.1, 0.15) is 27.5 Å². The molecule has 6 nitrogen and oxygen atoms in total. The molecular formula is C25H26N4O2. The third kappa shape index (κ3) is 4.81. The van der Waals surface area contributed by atoms with Gasteiger partial charge in [0, 0.05) is 44.6 Å². The highest BCUT2D eigenvalue weighted by molar-refractivity contribution is 5.94. The van der Waals surface area contributed by atoms with Gasteiger partial charge in [0.1, 0.15) is 0 Å². The smallest absolute Gasteiger partial charge is 0.255 e. The maximum atomic E-state index is 13.0. The van der Waals surface area contributed by atoms with E-state index >= 15 is 0 Å². The lowest BCUT2D eigenvalue weighted by molar-refractivity contribution is -0.109. The Kier molecular flexibility index (Phi) is 6.69. The molecule has 3 aromatic rings. The summed E-state index contributed by atoms with van der Waals surface area (Å²) in [5.74, 6) is -0.0279. The number of pyridine rings is 1. The van der Waals surface area contributed by atoms with Crippen molar-refractivity contribution in [1.29, 1.82) is 0 Å². The number of amides is 2. The molecule has 158 valence electrons. The molecule has 2 aromatic carbocycles. The molecule has 0 spiro atoms. The van der Waals surface area contributed by atoms with Gasteiger partial charge in [0.15, 0.2) is 0 Å². The van der Waals surface area contributed by atoms with E-state index < -0.39 is 0 Å². The summed E-state index contributed by atoms with van der Waals surface area (Å²) in [6.45, 7) is 2.31. The molecule has 4 rings (SSSR count). The van der Waals surface area contributed by atoms with Gasteiger partial charge in [0.25, 0.3) is 5.91 Å². The summed E-state index contributed by atoms with van der Waals surface area (Å²) >= 11 is 0. The second kappa shape index (κ2) is 10.00. The number of benzene rings is 2. The van der Waals surface area contributed by atoms with Gasteiger partial charge < -0.3 is 10.2 Å². The minimum Gasteiger partial charge on any atom is -0.357 e. The second-order valence-corrected chi connectivity index (χ2v) is 7.63. The van der Waals surface area contributed by atoms with Crippen LogP contribution in [0.25, 0.3) is 0 Å². The lowest BCUT2D eigenvalue weighted by Crippen LogP contribution is -2.58. The fourth-order valence-electron chi connectivity index (χ4n) is 4.28. The van der Waals surface area contributed by atoms with Crippen molar-refractivity contribution >= 4 is 12.3 Å². The van der Waals surface area contributed by atoms with Crippen molar-refractivity contribution in [2.45, 2.75) is 12.1 Å². The fourth-order valence-corrected chi connectivity index (χ4v) is 4.28. The quantitative estimate of drug-likeness (QED) is 0.604. The van der Waals surface area contributed by atoms with Crippen LogP contribution in [0.15, 0.2) is 85.2 Å². The van der Waals surface area contributed by atoms with Crippen molar-refractivity contribution in [3.8, 4) is 0 Å². The molecule has 1 aliphatic heterocycles. The lowest BCUT2D eigenvalue weighted by atomic mass is 9.94. The molecule has 6 heteroatoms. The molecular weight excluding hydrogens is 388 g/mol. The molecule has 2 amide bonds. The molecule has 0 radical (unpaired) electrons. The number of hydrogen-bond donors (Lipinski definition) is 1. The first kappa shape index (κ1) is 20.8. The van der Waals surface area contributed by atoms with Crippen molar-refractivity contribution in [1.82, 2.24) is 20.1 Å². The lowest BCUT2D eigenvalue weighted by Gasteiger charge is -2.45. The highest BCUT2D eigenvalue weighted by atomic mass is 16.2. The van der Waals surface area contributed by atoms with E-state index in [1.165, 1.54) is 11.1 Å². The van der Waals surface area contributed by atoms with Gasteiger partial charge in [-0.15, -0.1) is 0 Å². The Morgan fingerprint density at radius 1 is 1.00 bits per heavy atom. The van der Waals surface area contributed by atoms with Gasteiger partial charge >= 0.3 is 0 Å². The predicted molar refractivity (Wildman–Crippen MR) is 119 cm³/mol. The number of aromatic nitrogens is 1. The Labute approximate surface area is 182 Å². The topological polar surface area (TPSA) is 65.5 Å². The highest BCUT2D eigenvalue weighted by Crippen LogP contribution is 2.32. The van der Waals surface area contributed by atoms with Crippen LogP contribution in [-0.2, 0) is 4.79 Å². The van der Waals surface area contributed by atoms with Gasteiger partial charge in [-0.2, -0.15) is 0 Å². The van der Waals surface area contributed by atoms with Crippen LogP contribution in [0.2, 0.25) is 0 Å². The van der Waals surface area contributed by atoms with E-state index in [2.05, 4.69) is 39.5 Å². The van der Waals surface area contributed by atoms with Crippen LogP contribution in [0.4, 0.5) is 0 Å². The normalized spacial score (nSPS) is 16.8. The summed E-state index contributed by atoms with van der Waals surface area (Å²) in [4.78, 5) is 32.4. The van der Waals surface area contributed by atoms with Crippen LogP contribution >= 0.6 is 0 Å². The molecule has 1 fully saturated rings. The number of nitrogens with one attached hydrogen (secondary N) is 1. The molecule has 0 saturated carbocycles. The second-order valence-electron chi connectivity index (χ2n) is 7.63. The Balaban J connectivity index is 1.63. The molecule has 0 aliphatic carbocycles. The minimum atomic E-state index is -0.0279. The van der Waals surface area contributed by atoms with Crippen molar-refractivity contribution in [2.24, 2.45) is 0 Å².